The van der Waals surface area contributed by atoms with E-state index in [1.54, 1.807) is 0 Å². The molecule has 1 heterocycles. The van der Waals surface area contributed by atoms with Gasteiger partial charge in [0.05, 0.1) is 0 Å². The van der Waals surface area contributed by atoms with Crippen molar-refractivity contribution < 1.29 is 0 Å². The fourth-order valence-corrected chi connectivity index (χ4v) is 1.83. The molecule has 0 fully saturated rings. The molecule has 0 amide bonds. The van der Waals surface area contributed by atoms with Crippen molar-refractivity contribution in [3.05, 3.63) is 12.4 Å². The highest BCUT2D eigenvalue weighted by Gasteiger charge is 2.00. The highest BCUT2D eigenvalue weighted by molar-refractivity contribution is 7.98. The van der Waals surface area contributed by atoms with Crippen molar-refractivity contribution >= 4 is 17.7 Å². The van der Waals surface area contributed by atoms with Crippen LogP contribution in [0, 0.1) is 0 Å². The molecule has 0 aliphatic carbocycles. The fourth-order valence-electron chi connectivity index (χ4n) is 1.41. The van der Waals surface area contributed by atoms with Crippen LogP contribution in [0.15, 0.2) is 12.4 Å². The molecule has 15 heavy (non-hydrogen) atoms. The van der Waals surface area contributed by atoms with Crippen molar-refractivity contribution in [1.82, 2.24) is 9.55 Å². The van der Waals surface area contributed by atoms with Gasteiger partial charge in [0.15, 0.2) is 0 Å². The zero-order valence-electron chi connectivity index (χ0n) is 9.70. The zero-order chi connectivity index (χ0) is 10.9. The first-order chi connectivity index (χ1) is 7.38. The van der Waals surface area contributed by atoms with Crippen molar-refractivity contribution in [2.75, 3.05) is 23.9 Å². The molecular weight excluding hydrogens is 206 g/mol. The Hall–Kier alpha value is -0.640. The molecule has 0 unspecified atom stereocenters. The maximum absolute atomic E-state index is 4.31. The van der Waals surface area contributed by atoms with Gasteiger partial charge >= 0.3 is 0 Å². The fraction of sp³-hybridized carbons (Fsp3) is 0.727. The van der Waals surface area contributed by atoms with E-state index < -0.39 is 0 Å². The van der Waals surface area contributed by atoms with Crippen LogP contribution in [0.2, 0.25) is 0 Å². The summed E-state index contributed by atoms with van der Waals surface area (Å²) in [7, 11) is 0. The number of aromatic nitrogens is 2. The summed E-state index contributed by atoms with van der Waals surface area (Å²) < 4.78 is 2.20. The molecule has 1 N–H and O–H groups in total. The van der Waals surface area contributed by atoms with E-state index in [-0.39, 0.29) is 0 Å². The van der Waals surface area contributed by atoms with Gasteiger partial charge in [-0.15, -0.1) is 0 Å². The van der Waals surface area contributed by atoms with Gasteiger partial charge in [-0.2, -0.15) is 11.8 Å². The Morgan fingerprint density at radius 3 is 3.07 bits per heavy atom. The molecule has 1 rings (SSSR count). The Morgan fingerprint density at radius 1 is 1.47 bits per heavy atom. The molecule has 1 aromatic rings. The summed E-state index contributed by atoms with van der Waals surface area (Å²) in [5, 5.41) is 3.37. The molecule has 0 saturated carbocycles. The number of hydrogen-bond acceptors (Lipinski definition) is 3. The maximum Gasteiger partial charge on any atom is 0.202 e. The summed E-state index contributed by atoms with van der Waals surface area (Å²) in [6, 6.07) is 0. The number of nitrogens with zero attached hydrogens (tertiary/aromatic N) is 2. The van der Waals surface area contributed by atoms with Gasteiger partial charge in [-0.3, -0.25) is 0 Å². The van der Waals surface area contributed by atoms with E-state index in [0.717, 1.165) is 19.0 Å². The Kier molecular flexibility index (Phi) is 6.32. The first-order valence-electron chi connectivity index (χ1n) is 5.62. The van der Waals surface area contributed by atoms with E-state index in [0.29, 0.717) is 0 Å². The second-order valence-electron chi connectivity index (χ2n) is 3.57. The van der Waals surface area contributed by atoms with Crippen LogP contribution in [0.4, 0.5) is 5.95 Å². The molecule has 0 atom stereocenters. The van der Waals surface area contributed by atoms with Crippen LogP contribution in [-0.4, -0.2) is 28.1 Å². The number of thioether (sulfide) groups is 1. The molecule has 0 radical (unpaired) electrons. The van der Waals surface area contributed by atoms with Crippen molar-refractivity contribution in [2.45, 2.75) is 32.7 Å². The molecule has 4 heteroatoms. The summed E-state index contributed by atoms with van der Waals surface area (Å²) in [6.45, 7) is 4.29. The summed E-state index contributed by atoms with van der Waals surface area (Å²) in [4.78, 5) is 4.31. The van der Waals surface area contributed by atoms with Crippen LogP contribution in [0.3, 0.4) is 0 Å². The van der Waals surface area contributed by atoms with Gasteiger partial charge in [-0.05, 0) is 24.9 Å². The quantitative estimate of drug-likeness (QED) is 0.693. The molecule has 3 nitrogen and oxygen atoms in total. The molecule has 0 bridgehead atoms. The molecule has 0 saturated heterocycles. The monoisotopic (exact) mass is 227 g/mol. The standard InChI is InChI=1S/C11H21N3S/c1-3-4-6-12-11-13-7-9-14(11)8-5-10-15-2/h7,9H,3-6,8,10H2,1-2H3,(H,12,13). The molecule has 0 spiro atoms. The van der Waals surface area contributed by atoms with Gasteiger partial charge in [0.1, 0.15) is 0 Å². The third-order valence-corrected chi connectivity index (χ3v) is 2.97. The van der Waals surface area contributed by atoms with Gasteiger partial charge in [0.2, 0.25) is 5.95 Å². The molecule has 0 aliphatic rings. The van der Waals surface area contributed by atoms with E-state index in [9.17, 15) is 0 Å². The largest absolute Gasteiger partial charge is 0.356 e. The number of nitrogens with one attached hydrogen (secondary N) is 1. The van der Waals surface area contributed by atoms with Crippen LogP contribution in [0.1, 0.15) is 26.2 Å². The Morgan fingerprint density at radius 2 is 2.33 bits per heavy atom. The Labute approximate surface area is 96.7 Å². The van der Waals surface area contributed by atoms with E-state index >= 15 is 0 Å². The van der Waals surface area contributed by atoms with Crippen molar-refractivity contribution in [2.24, 2.45) is 0 Å². The third kappa shape index (κ3) is 4.60. The van der Waals surface area contributed by atoms with E-state index in [1.807, 2.05) is 18.0 Å². The lowest BCUT2D eigenvalue weighted by Gasteiger charge is -2.08. The van der Waals surface area contributed by atoms with Crippen LogP contribution in [-0.2, 0) is 6.54 Å². The lowest BCUT2D eigenvalue weighted by atomic mass is 10.3. The predicted octanol–water partition coefficient (Wildman–Crippen LogP) is 2.85. The van der Waals surface area contributed by atoms with Gasteiger partial charge in [-0.1, -0.05) is 13.3 Å². The molecule has 86 valence electrons. The number of imidazole rings is 1. The number of rotatable bonds is 8. The molecule has 1 aromatic heterocycles. The highest BCUT2D eigenvalue weighted by Crippen LogP contribution is 2.07. The van der Waals surface area contributed by atoms with E-state index in [2.05, 4.69) is 34.2 Å². The first kappa shape index (κ1) is 12.4. The lowest BCUT2D eigenvalue weighted by Crippen LogP contribution is -2.09. The third-order valence-electron chi connectivity index (χ3n) is 2.28. The van der Waals surface area contributed by atoms with Crippen LogP contribution in [0.25, 0.3) is 0 Å². The Bertz CT molecular complexity index is 236. The van der Waals surface area contributed by atoms with Gasteiger partial charge < -0.3 is 9.88 Å². The zero-order valence-corrected chi connectivity index (χ0v) is 10.5. The minimum Gasteiger partial charge on any atom is -0.356 e. The minimum atomic E-state index is 1.02. The second kappa shape index (κ2) is 7.63. The predicted molar refractivity (Wildman–Crippen MR) is 68.6 cm³/mol. The van der Waals surface area contributed by atoms with Crippen molar-refractivity contribution in [1.29, 1.82) is 0 Å². The van der Waals surface area contributed by atoms with Gasteiger partial charge in [0.25, 0.3) is 0 Å². The Balaban J connectivity index is 2.32. The van der Waals surface area contributed by atoms with Gasteiger partial charge in [0, 0.05) is 25.5 Å². The summed E-state index contributed by atoms with van der Waals surface area (Å²) in [6.07, 6.45) is 9.70. The number of unbranched alkanes of at least 4 members (excludes halogenated alkanes) is 1. The summed E-state index contributed by atoms with van der Waals surface area (Å²) in [5.41, 5.74) is 0. The average molecular weight is 227 g/mol. The maximum atomic E-state index is 4.31. The minimum absolute atomic E-state index is 1.02. The molecule has 0 aliphatic heterocycles. The van der Waals surface area contributed by atoms with E-state index in [1.165, 1.54) is 25.0 Å². The van der Waals surface area contributed by atoms with Crippen LogP contribution in [0.5, 0.6) is 0 Å². The molecular formula is C11H21N3S. The second-order valence-corrected chi connectivity index (χ2v) is 4.56. The highest BCUT2D eigenvalue weighted by atomic mass is 32.2. The SMILES string of the molecule is CCCCNc1nccn1CCCSC. The summed E-state index contributed by atoms with van der Waals surface area (Å²) in [5.74, 6) is 2.23. The number of aryl methyl sites for hydroxylation is 1. The van der Waals surface area contributed by atoms with Gasteiger partial charge in [-0.25, -0.2) is 4.98 Å². The van der Waals surface area contributed by atoms with Crippen LogP contribution >= 0.6 is 11.8 Å². The van der Waals surface area contributed by atoms with Crippen molar-refractivity contribution in [3.63, 3.8) is 0 Å². The molecule has 0 aromatic carbocycles. The normalized spacial score (nSPS) is 10.5. The summed E-state index contributed by atoms with van der Waals surface area (Å²) >= 11 is 1.90. The van der Waals surface area contributed by atoms with Crippen LogP contribution < -0.4 is 5.32 Å². The topological polar surface area (TPSA) is 29.9 Å². The lowest BCUT2D eigenvalue weighted by molar-refractivity contribution is 0.684. The van der Waals surface area contributed by atoms with Crippen molar-refractivity contribution in [3.8, 4) is 0 Å². The first-order valence-corrected chi connectivity index (χ1v) is 7.01. The average Bonchev–Trinajstić information content (AvgIpc) is 2.67. The van der Waals surface area contributed by atoms with E-state index in [4.69, 9.17) is 0 Å². The number of hydrogen-bond donors (Lipinski definition) is 1. The smallest absolute Gasteiger partial charge is 0.202 e. The number of anilines is 1.